The fourth-order valence-corrected chi connectivity index (χ4v) is 4.36. The molecule has 170 valence electrons. The van der Waals surface area contributed by atoms with Crippen molar-refractivity contribution in [1.29, 1.82) is 0 Å². The van der Waals surface area contributed by atoms with Crippen molar-refractivity contribution < 1.29 is 14.3 Å². The average molecular weight is 449 g/mol. The van der Waals surface area contributed by atoms with Crippen LogP contribution in [0.3, 0.4) is 0 Å². The molecular formula is C21H32N6O3S. The monoisotopic (exact) mass is 448 g/mol. The van der Waals surface area contributed by atoms with E-state index in [1.807, 2.05) is 10.8 Å². The highest BCUT2D eigenvalue weighted by Gasteiger charge is 2.22. The second-order valence-electron chi connectivity index (χ2n) is 7.68. The Labute approximate surface area is 187 Å². The molecule has 1 saturated heterocycles. The van der Waals surface area contributed by atoms with Crippen molar-refractivity contribution in [2.24, 2.45) is 0 Å². The van der Waals surface area contributed by atoms with Gasteiger partial charge in [-0.15, -0.1) is 0 Å². The standard InChI is InChI=1S/C21H32N6O3S/c1-30-14-6-18(28)17(5-12-26-9-2-3-10-26)25-21-24-15-19(31-21)20(29)23-7-4-11-27-13-8-22-16-27/h8,13,15-17H,2-7,9-12,14H2,1H3,(H,23,29)(H,24,25). The molecule has 0 saturated carbocycles. The quantitative estimate of drug-likeness (QED) is 0.427. The SMILES string of the molecule is COCCC(=O)C(CCN1CCCC1)Nc1ncc(C(=O)NCCCn2ccnc2)s1. The van der Waals surface area contributed by atoms with Crippen LogP contribution in [0.4, 0.5) is 5.13 Å². The lowest BCUT2D eigenvalue weighted by molar-refractivity contribution is -0.120. The molecule has 1 aliphatic rings. The number of aromatic nitrogens is 3. The van der Waals surface area contributed by atoms with E-state index in [0.29, 0.717) is 29.6 Å². The topological polar surface area (TPSA) is 101 Å². The highest BCUT2D eigenvalue weighted by molar-refractivity contribution is 7.17. The van der Waals surface area contributed by atoms with E-state index in [1.165, 1.54) is 24.2 Å². The average Bonchev–Trinajstić information content (AvgIpc) is 3.55. The fraction of sp³-hybridized carbons (Fsp3) is 0.619. The predicted octanol–water partition coefficient (Wildman–Crippen LogP) is 2.03. The van der Waals surface area contributed by atoms with Crippen LogP contribution >= 0.6 is 11.3 Å². The molecule has 0 bridgehead atoms. The van der Waals surface area contributed by atoms with Gasteiger partial charge in [0.05, 0.1) is 25.2 Å². The summed E-state index contributed by atoms with van der Waals surface area (Å²) in [7, 11) is 1.60. The Morgan fingerprint density at radius 3 is 2.87 bits per heavy atom. The van der Waals surface area contributed by atoms with Crippen LogP contribution in [0.25, 0.3) is 0 Å². The molecule has 1 unspecified atom stereocenters. The number of carbonyl (C=O) groups is 2. The summed E-state index contributed by atoms with van der Waals surface area (Å²) in [4.78, 5) is 36.3. The maximum Gasteiger partial charge on any atom is 0.263 e. The van der Waals surface area contributed by atoms with Gasteiger partial charge < -0.3 is 24.8 Å². The first-order chi connectivity index (χ1) is 15.2. The van der Waals surface area contributed by atoms with Gasteiger partial charge in [-0.2, -0.15) is 0 Å². The van der Waals surface area contributed by atoms with Gasteiger partial charge >= 0.3 is 0 Å². The van der Waals surface area contributed by atoms with Crippen molar-refractivity contribution in [3.63, 3.8) is 0 Å². The van der Waals surface area contributed by atoms with Crippen molar-refractivity contribution in [3.8, 4) is 0 Å². The number of hydrogen-bond donors (Lipinski definition) is 2. The van der Waals surface area contributed by atoms with Gasteiger partial charge in [-0.1, -0.05) is 11.3 Å². The largest absolute Gasteiger partial charge is 0.384 e. The van der Waals surface area contributed by atoms with Crippen LogP contribution in [0.2, 0.25) is 0 Å². The highest BCUT2D eigenvalue weighted by Crippen LogP contribution is 2.20. The minimum absolute atomic E-state index is 0.113. The molecule has 10 heteroatoms. The minimum Gasteiger partial charge on any atom is -0.384 e. The highest BCUT2D eigenvalue weighted by atomic mass is 32.1. The van der Waals surface area contributed by atoms with Crippen LogP contribution in [0, 0.1) is 0 Å². The molecule has 9 nitrogen and oxygen atoms in total. The number of ether oxygens (including phenoxy) is 1. The van der Waals surface area contributed by atoms with Gasteiger partial charge in [0.15, 0.2) is 10.9 Å². The Bertz CT molecular complexity index is 804. The molecule has 0 aliphatic carbocycles. The number of imidazole rings is 1. The summed E-state index contributed by atoms with van der Waals surface area (Å²) in [6, 6.07) is -0.326. The summed E-state index contributed by atoms with van der Waals surface area (Å²) in [5.41, 5.74) is 0. The normalized spacial score (nSPS) is 15.1. The number of amides is 1. The van der Waals surface area contributed by atoms with Crippen molar-refractivity contribution in [2.75, 3.05) is 45.2 Å². The molecule has 1 fully saturated rings. The Morgan fingerprint density at radius 2 is 2.13 bits per heavy atom. The van der Waals surface area contributed by atoms with Crippen molar-refractivity contribution in [2.45, 2.75) is 44.7 Å². The van der Waals surface area contributed by atoms with Crippen LogP contribution in [-0.2, 0) is 16.1 Å². The van der Waals surface area contributed by atoms with E-state index in [9.17, 15) is 9.59 Å². The number of methoxy groups -OCH3 is 1. The summed E-state index contributed by atoms with van der Waals surface area (Å²) >= 11 is 1.28. The van der Waals surface area contributed by atoms with Crippen LogP contribution in [0.15, 0.2) is 24.9 Å². The summed E-state index contributed by atoms with van der Waals surface area (Å²) in [5, 5.41) is 6.78. The van der Waals surface area contributed by atoms with Crippen molar-refractivity contribution in [1.82, 2.24) is 24.8 Å². The summed E-state index contributed by atoms with van der Waals surface area (Å²) < 4.78 is 7.04. The third kappa shape index (κ3) is 7.71. The van der Waals surface area contributed by atoms with Gasteiger partial charge in [-0.3, -0.25) is 9.59 Å². The molecule has 1 amide bonds. The number of carbonyl (C=O) groups excluding carboxylic acids is 2. The Kier molecular flexibility index (Phi) is 9.44. The number of anilines is 1. The van der Waals surface area contributed by atoms with E-state index >= 15 is 0 Å². The number of aryl methyl sites for hydroxylation is 1. The van der Waals surface area contributed by atoms with E-state index in [0.717, 1.165) is 39.0 Å². The lowest BCUT2D eigenvalue weighted by atomic mass is 10.1. The maximum atomic E-state index is 12.7. The van der Waals surface area contributed by atoms with E-state index in [-0.39, 0.29) is 17.7 Å². The number of ketones is 1. The summed E-state index contributed by atoms with van der Waals surface area (Å²) in [6.45, 7) is 4.86. The molecule has 31 heavy (non-hydrogen) atoms. The second kappa shape index (κ2) is 12.5. The minimum atomic E-state index is -0.326. The van der Waals surface area contributed by atoms with Crippen LogP contribution in [0.5, 0.6) is 0 Å². The number of likely N-dealkylation sites (tertiary alicyclic amines) is 1. The Morgan fingerprint density at radius 1 is 1.29 bits per heavy atom. The van der Waals surface area contributed by atoms with Gasteiger partial charge in [0, 0.05) is 45.6 Å². The lowest BCUT2D eigenvalue weighted by Crippen LogP contribution is -2.34. The van der Waals surface area contributed by atoms with E-state index < -0.39 is 0 Å². The van der Waals surface area contributed by atoms with Gasteiger partial charge in [0.2, 0.25) is 0 Å². The van der Waals surface area contributed by atoms with Crippen LogP contribution in [0.1, 0.15) is 41.8 Å². The zero-order chi connectivity index (χ0) is 21.9. The molecule has 2 aromatic heterocycles. The van der Waals surface area contributed by atoms with Gasteiger partial charge in [0.1, 0.15) is 4.88 Å². The zero-order valence-electron chi connectivity index (χ0n) is 18.1. The van der Waals surface area contributed by atoms with Crippen LogP contribution < -0.4 is 10.6 Å². The summed E-state index contributed by atoms with van der Waals surface area (Å²) in [6.07, 6.45) is 11.3. The Balaban J connectivity index is 1.48. The predicted molar refractivity (Wildman–Crippen MR) is 120 cm³/mol. The molecule has 1 aliphatic heterocycles. The first kappa shape index (κ1) is 23.4. The third-order valence-electron chi connectivity index (χ3n) is 5.34. The number of hydrogen-bond acceptors (Lipinski definition) is 8. The number of rotatable bonds is 14. The van der Waals surface area contributed by atoms with Crippen molar-refractivity contribution in [3.05, 3.63) is 29.8 Å². The maximum absolute atomic E-state index is 12.7. The fourth-order valence-electron chi connectivity index (χ4n) is 3.57. The Hall–Kier alpha value is -2.30. The summed E-state index contributed by atoms with van der Waals surface area (Å²) in [5.74, 6) is -0.0303. The van der Waals surface area contributed by atoms with Gasteiger partial charge in [-0.25, -0.2) is 9.97 Å². The molecule has 2 N–H and O–H groups in total. The van der Waals surface area contributed by atoms with Gasteiger partial charge in [0.25, 0.3) is 5.91 Å². The number of nitrogens with one attached hydrogen (secondary N) is 2. The molecule has 0 spiro atoms. The molecule has 2 aromatic rings. The lowest BCUT2D eigenvalue weighted by Gasteiger charge is -2.21. The number of Topliss-reactive ketones (excluding diaryl/α,β-unsaturated/α-hetero) is 1. The van der Waals surface area contributed by atoms with Gasteiger partial charge in [-0.05, 0) is 38.8 Å². The molecular weight excluding hydrogens is 416 g/mol. The van der Waals surface area contributed by atoms with E-state index in [2.05, 4.69) is 25.5 Å². The first-order valence-electron chi connectivity index (χ1n) is 10.9. The molecule has 0 aromatic carbocycles. The van der Waals surface area contributed by atoms with E-state index in [1.54, 1.807) is 25.8 Å². The van der Waals surface area contributed by atoms with E-state index in [4.69, 9.17) is 4.74 Å². The second-order valence-corrected chi connectivity index (χ2v) is 8.71. The third-order valence-corrected chi connectivity index (χ3v) is 6.27. The van der Waals surface area contributed by atoms with Crippen LogP contribution in [-0.4, -0.2) is 77.1 Å². The molecule has 3 rings (SSSR count). The van der Waals surface area contributed by atoms with Crippen molar-refractivity contribution >= 4 is 28.2 Å². The molecule has 1 atom stereocenters. The number of nitrogens with zero attached hydrogens (tertiary/aromatic N) is 4. The number of thiazole rings is 1. The zero-order valence-corrected chi connectivity index (χ0v) is 18.9. The molecule has 3 heterocycles. The smallest absolute Gasteiger partial charge is 0.263 e. The first-order valence-corrected chi connectivity index (χ1v) is 11.7. The molecule has 0 radical (unpaired) electrons.